The van der Waals surface area contributed by atoms with Crippen LogP contribution >= 0.6 is 0 Å². The SMILES string of the molecule is Cc1ccc2c(c1)c(C(C)(C)c1cn(-c3ccccc3)c3ccc(C(F)(F)F)cc13)cn2-c1ccccc1. The maximum atomic E-state index is 13.8. The van der Waals surface area contributed by atoms with Crippen LogP contribution in [-0.4, -0.2) is 9.13 Å². The topological polar surface area (TPSA) is 9.86 Å². The molecule has 0 radical (unpaired) electrons. The van der Waals surface area contributed by atoms with E-state index >= 15 is 0 Å². The molecule has 0 unspecified atom stereocenters. The van der Waals surface area contributed by atoms with Crippen molar-refractivity contribution in [2.24, 2.45) is 0 Å². The Bertz CT molecular complexity index is 1770. The molecule has 6 aromatic rings. The molecule has 0 aliphatic rings. The van der Waals surface area contributed by atoms with Gasteiger partial charge in [-0.25, -0.2) is 0 Å². The number of rotatable bonds is 4. The van der Waals surface area contributed by atoms with E-state index in [1.54, 1.807) is 6.07 Å². The van der Waals surface area contributed by atoms with Crippen LogP contribution < -0.4 is 0 Å². The van der Waals surface area contributed by atoms with Crippen molar-refractivity contribution in [3.63, 3.8) is 0 Å². The first kappa shape index (κ1) is 24.1. The summed E-state index contributed by atoms with van der Waals surface area (Å²) in [5.41, 5.74) is 5.54. The molecule has 2 heterocycles. The third-order valence-electron chi connectivity index (χ3n) is 7.51. The Balaban J connectivity index is 1.65. The van der Waals surface area contributed by atoms with Crippen molar-refractivity contribution in [2.45, 2.75) is 32.4 Å². The van der Waals surface area contributed by atoms with Crippen molar-refractivity contribution >= 4 is 21.8 Å². The summed E-state index contributed by atoms with van der Waals surface area (Å²) in [7, 11) is 0. The van der Waals surface area contributed by atoms with Crippen molar-refractivity contribution in [1.82, 2.24) is 9.13 Å². The molecular weight excluding hydrogens is 481 g/mol. The molecule has 0 saturated carbocycles. The third-order valence-corrected chi connectivity index (χ3v) is 7.51. The summed E-state index contributed by atoms with van der Waals surface area (Å²) in [6.07, 6.45) is -0.286. The first-order valence-electron chi connectivity index (χ1n) is 12.6. The summed E-state index contributed by atoms with van der Waals surface area (Å²) >= 11 is 0. The summed E-state index contributed by atoms with van der Waals surface area (Å²) < 4.78 is 45.7. The lowest BCUT2D eigenvalue weighted by Gasteiger charge is -2.25. The second-order valence-corrected chi connectivity index (χ2v) is 10.4. The second-order valence-electron chi connectivity index (χ2n) is 10.4. The van der Waals surface area contributed by atoms with E-state index in [9.17, 15) is 13.2 Å². The van der Waals surface area contributed by atoms with Gasteiger partial charge in [-0.2, -0.15) is 13.2 Å². The van der Waals surface area contributed by atoms with Gasteiger partial charge in [0.1, 0.15) is 0 Å². The number of halogens is 3. The van der Waals surface area contributed by atoms with Crippen LogP contribution in [0.25, 0.3) is 33.2 Å². The summed E-state index contributed by atoms with van der Waals surface area (Å²) in [5, 5.41) is 1.69. The normalized spacial score (nSPS) is 12.5. The highest BCUT2D eigenvalue weighted by Crippen LogP contribution is 2.44. The Morgan fingerprint density at radius 3 is 1.55 bits per heavy atom. The number of aromatic nitrogens is 2. The van der Waals surface area contributed by atoms with Crippen LogP contribution in [0.3, 0.4) is 0 Å². The predicted molar refractivity (Wildman–Crippen MR) is 148 cm³/mol. The van der Waals surface area contributed by atoms with E-state index in [-0.39, 0.29) is 0 Å². The van der Waals surface area contributed by atoms with Gasteiger partial charge >= 0.3 is 6.18 Å². The first-order chi connectivity index (χ1) is 18.1. The number of fused-ring (bicyclic) bond motifs is 2. The molecule has 5 heteroatoms. The molecule has 0 aliphatic carbocycles. The Kier molecular flexibility index (Phi) is 5.49. The number of alkyl halides is 3. The van der Waals surface area contributed by atoms with Crippen LogP contribution in [0.5, 0.6) is 0 Å². The van der Waals surface area contributed by atoms with Gasteiger partial charge in [0.15, 0.2) is 0 Å². The number of aryl methyl sites for hydroxylation is 1. The Labute approximate surface area is 219 Å². The molecule has 2 aromatic heterocycles. The number of nitrogens with zero attached hydrogens (tertiary/aromatic N) is 2. The molecule has 0 N–H and O–H groups in total. The fourth-order valence-corrected chi connectivity index (χ4v) is 5.50. The van der Waals surface area contributed by atoms with E-state index in [0.717, 1.165) is 44.5 Å². The Hall–Kier alpha value is -4.25. The highest BCUT2D eigenvalue weighted by Gasteiger charge is 2.34. The van der Waals surface area contributed by atoms with Crippen molar-refractivity contribution in [1.29, 1.82) is 0 Å². The molecule has 4 aromatic carbocycles. The van der Waals surface area contributed by atoms with Gasteiger partial charge in [-0.3, -0.25) is 0 Å². The van der Waals surface area contributed by atoms with E-state index in [2.05, 4.69) is 61.9 Å². The van der Waals surface area contributed by atoms with Gasteiger partial charge in [0.2, 0.25) is 0 Å². The zero-order valence-electron chi connectivity index (χ0n) is 21.4. The molecule has 0 spiro atoms. The molecule has 0 saturated heterocycles. The molecule has 0 fully saturated rings. The minimum Gasteiger partial charge on any atom is -0.316 e. The number of hydrogen-bond acceptors (Lipinski definition) is 0. The fourth-order valence-electron chi connectivity index (χ4n) is 5.50. The van der Waals surface area contributed by atoms with Crippen LogP contribution in [0.4, 0.5) is 13.2 Å². The molecule has 190 valence electrons. The third kappa shape index (κ3) is 3.90. The van der Waals surface area contributed by atoms with Gasteiger partial charge in [0.25, 0.3) is 0 Å². The largest absolute Gasteiger partial charge is 0.416 e. The van der Waals surface area contributed by atoms with Crippen LogP contribution in [0.1, 0.15) is 36.1 Å². The minimum absolute atomic E-state index is 0.599. The molecule has 38 heavy (non-hydrogen) atoms. The molecule has 0 bridgehead atoms. The van der Waals surface area contributed by atoms with E-state index in [0.29, 0.717) is 5.39 Å². The molecule has 2 nitrogen and oxygen atoms in total. The highest BCUT2D eigenvalue weighted by molar-refractivity contribution is 5.92. The molecule has 6 rings (SSSR count). The van der Waals surface area contributed by atoms with Gasteiger partial charge in [0, 0.05) is 40.0 Å². The van der Waals surface area contributed by atoms with Gasteiger partial charge in [-0.1, -0.05) is 61.9 Å². The standard InChI is InChI=1S/C33H27F3N2/c1-22-14-16-30-26(18-22)28(20-37(30)24-10-6-4-7-11-24)32(2,3)29-21-38(25-12-8-5-9-13-25)31-17-15-23(19-27(29)31)33(34,35)36/h4-21H,1-3H3. The predicted octanol–water partition coefficient (Wildman–Crippen LogP) is 9.23. The summed E-state index contributed by atoms with van der Waals surface area (Å²) in [6.45, 7) is 6.26. The van der Waals surface area contributed by atoms with Gasteiger partial charge < -0.3 is 9.13 Å². The van der Waals surface area contributed by atoms with E-state index in [1.165, 1.54) is 12.1 Å². The van der Waals surface area contributed by atoms with Gasteiger partial charge in [-0.05, 0) is 72.6 Å². The van der Waals surface area contributed by atoms with Gasteiger partial charge in [-0.15, -0.1) is 0 Å². The van der Waals surface area contributed by atoms with Crippen molar-refractivity contribution in [2.75, 3.05) is 0 Å². The minimum atomic E-state index is -4.43. The maximum absolute atomic E-state index is 13.8. The zero-order valence-corrected chi connectivity index (χ0v) is 21.4. The van der Waals surface area contributed by atoms with Crippen molar-refractivity contribution in [3.8, 4) is 11.4 Å². The van der Waals surface area contributed by atoms with Crippen LogP contribution in [0.2, 0.25) is 0 Å². The lowest BCUT2D eigenvalue weighted by atomic mass is 9.77. The second kappa shape index (κ2) is 8.66. The fraction of sp³-hybridized carbons (Fsp3) is 0.152. The Morgan fingerprint density at radius 1 is 0.579 bits per heavy atom. The number of benzene rings is 4. The quantitative estimate of drug-likeness (QED) is 0.225. The summed E-state index contributed by atoms with van der Waals surface area (Å²) in [4.78, 5) is 0. The Morgan fingerprint density at radius 2 is 1.05 bits per heavy atom. The van der Waals surface area contributed by atoms with E-state index in [4.69, 9.17) is 0 Å². The lowest BCUT2D eigenvalue weighted by molar-refractivity contribution is -0.137. The molecule has 0 aliphatic heterocycles. The van der Waals surface area contributed by atoms with Gasteiger partial charge in [0.05, 0.1) is 16.6 Å². The molecule has 0 atom stereocenters. The van der Waals surface area contributed by atoms with Crippen LogP contribution in [0, 0.1) is 6.92 Å². The van der Waals surface area contributed by atoms with E-state index < -0.39 is 17.2 Å². The van der Waals surface area contributed by atoms with E-state index in [1.807, 2.05) is 59.3 Å². The summed E-state index contributed by atoms with van der Waals surface area (Å²) in [6, 6.07) is 30.3. The van der Waals surface area contributed by atoms with Crippen molar-refractivity contribution in [3.05, 3.63) is 132 Å². The van der Waals surface area contributed by atoms with Crippen LogP contribution in [-0.2, 0) is 11.6 Å². The smallest absolute Gasteiger partial charge is 0.316 e. The maximum Gasteiger partial charge on any atom is 0.416 e. The first-order valence-corrected chi connectivity index (χ1v) is 12.6. The average Bonchev–Trinajstić information content (AvgIpc) is 3.48. The average molecular weight is 509 g/mol. The zero-order chi connectivity index (χ0) is 26.7. The van der Waals surface area contributed by atoms with Crippen LogP contribution in [0.15, 0.2) is 109 Å². The summed E-state index contributed by atoms with van der Waals surface area (Å²) in [5.74, 6) is 0. The molecule has 0 amide bonds. The highest BCUT2D eigenvalue weighted by atomic mass is 19.4. The molecular formula is C33H27F3N2. The lowest BCUT2D eigenvalue weighted by Crippen LogP contribution is -2.18. The van der Waals surface area contributed by atoms with Crippen molar-refractivity contribution < 1.29 is 13.2 Å². The monoisotopic (exact) mass is 508 g/mol. The number of para-hydroxylation sites is 2. The number of hydrogen-bond donors (Lipinski definition) is 0.